The van der Waals surface area contributed by atoms with Crippen molar-refractivity contribution in [3.05, 3.63) is 62.8 Å². The van der Waals surface area contributed by atoms with E-state index in [0.717, 1.165) is 22.8 Å². The molecule has 7 heteroatoms. The molecule has 1 aromatic carbocycles. The van der Waals surface area contributed by atoms with Gasteiger partial charge in [-0.25, -0.2) is 9.37 Å². The van der Waals surface area contributed by atoms with Gasteiger partial charge in [0.1, 0.15) is 10.8 Å². The molecule has 3 aromatic rings. The number of hydrogen-bond donors (Lipinski definition) is 0. The zero-order valence-electron chi connectivity index (χ0n) is 13.9. The van der Waals surface area contributed by atoms with Crippen LogP contribution in [0.5, 0.6) is 0 Å². The summed E-state index contributed by atoms with van der Waals surface area (Å²) in [5.41, 5.74) is 1.59. The molecule has 0 spiro atoms. The first-order chi connectivity index (χ1) is 11.5. The smallest absolute Gasteiger partial charge is 0.275 e. The fourth-order valence-corrected chi connectivity index (χ4v) is 3.48. The normalized spacial score (nSPS) is 12.9. The average Bonchev–Trinajstić information content (AvgIpc) is 2.93. The van der Waals surface area contributed by atoms with Crippen molar-refractivity contribution in [2.75, 3.05) is 6.54 Å². The van der Waals surface area contributed by atoms with Gasteiger partial charge in [-0.05, 0) is 38.1 Å². The largest absolute Gasteiger partial charge is 0.291 e. The van der Waals surface area contributed by atoms with Crippen LogP contribution in [0.3, 0.4) is 0 Å². The van der Waals surface area contributed by atoms with Crippen LogP contribution in [-0.4, -0.2) is 26.0 Å². The number of rotatable bonds is 5. The van der Waals surface area contributed by atoms with Gasteiger partial charge in [-0.3, -0.25) is 9.69 Å². The summed E-state index contributed by atoms with van der Waals surface area (Å²) in [6.07, 6.45) is 0. The maximum atomic E-state index is 13.1. The summed E-state index contributed by atoms with van der Waals surface area (Å²) in [5.74, 6) is -0.241. The highest BCUT2D eigenvalue weighted by atomic mass is 32.1. The van der Waals surface area contributed by atoms with Gasteiger partial charge in [0, 0.05) is 18.7 Å². The topological polar surface area (TPSA) is 50.5 Å². The number of fused-ring (bicyclic) bond motifs is 1. The fraction of sp³-hybridized carbons (Fsp3) is 0.353. The highest BCUT2D eigenvalue weighted by Crippen LogP contribution is 2.22. The first-order valence-corrected chi connectivity index (χ1v) is 8.65. The molecule has 2 aromatic heterocycles. The Balaban J connectivity index is 1.87. The third-order valence-electron chi connectivity index (χ3n) is 4.07. The van der Waals surface area contributed by atoms with Crippen LogP contribution >= 0.6 is 11.3 Å². The zero-order valence-corrected chi connectivity index (χ0v) is 14.7. The standard InChI is InChI=1S/C17H19FN4OS/c1-4-21(11(2)13-5-7-14(18)8-6-13)10-15-9-16(23)22-17(19-15)24-12(3)20-22/h5-9,11H,4,10H2,1-3H3. The van der Waals surface area contributed by atoms with E-state index in [1.165, 1.54) is 34.1 Å². The Labute approximate surface area is 143 Å². The van der Waals surface area contributed by atoms with Crippen LogP contribution in [0.25, 0.3) is 4.96 Å². The van der Waals surface area contributed by atoms with Gasteiger partial charge >= 0.3 is 0 Å². The molecule has 1 unspecified atom stereocenters. The fourth-order valence-electron chi connectivity index (χ4n) is 2.72. The van der Waals surface area contributed by atoms with Gasteiger partial charge in [0.15, 0.2) is 0 Å². The minimum atomic E-state index is -0.241. The molecule has 126 valence electrons. The number of aromatic nitrogens is 3. The van der Waals surface area contributed by atoms with Crippen LogP contribution < -0.4 is 5.56 Å². The molecule has 2 heterocycles. The van der Waals surface area contributed by atoms with Crippen LogP contribution in [0.1, 0.15) is 36.2 Å². The average molecular weight is 346 g/mol. The summed E-state index contributed by atoms with van der Waals surface area (Å²) in [5, 5.41) is 4.96. The van der Waals surface area contributed by atoms with E-state index in [1.807, 2.05) is 6.92 Å². The number of aryl methyl sites for hydroxylation is 1. The molecule has 0 bridgehead atoms. The number of halogens is 1. The minimum Gasteiger partial charge on any atom is -0.291 e. The third-order valence-corrected chi connectivity index (χ3v) is 4.89. The molecule has 0 fully saturated rings. The predicted molar refractivity (Wildman–Crippen MR) is 92.8 cm³/mol. The molecule has 0 aliphatic heterocycles. The van der Waals surface area contributed by atoms with Crippen molar-refractivity contribution in [1.82, 2.24) is 19.5 Å². The molecular weight excluding hydrogens is 327 g/mol. The van der Waals surface area contributed by atoms with Gasteiger partial charge in [-0.1, -0.05) is 30.4 Å². The SMILES string of the molecule is CCN(Cc1cc(=O)n2nc(C)sc2n1)C(C)c1ccc(F)cc1. The highest BCUT2D eigenvalue weighted by molar-refractivity contribution is 7.16. The molecule has 24 heavy (non-hydrogen) atoms. The van der Waals surface area contributed by atoms with Gasteiger partial charge in [0.2, 0.25) is 4.96 Å². The van der Waals surface area contributed by atoms with Gasteiger partial charge in [-0.15, -0.1) is 0 Å². The van der Waals surface area contributed by atoms with Crippen LogP contribution in [0.15, 0.2) is 35.1 Å². The Morgan fingerprint density at radius 2 is 2.04 bits per heavy atom. The van der Waals surface area contributed by atoms with Gasteiger partial charge in [0.25, 0.3) is 5.56 Å². The van der Waals surface area contributed by atoms with Crippen LogP contribution in [0.4, 0.5) is 4.39 Å². The van der Waals surface area contributed by atoms with Gasteiger partial charge < -0.3 is 0 Å². The van der Waals surface area contributed by atoms with E-state index in [1.54, 1.807) is 12.1 Å². The van der Waals surface area contributed by atoms with Crippen molar-refractivity contribution in [3.8, 4) is 0 Å². The Hall–Kier alpha value is -2.12. The van der Waals surface area contributed by atoms with E-state index in [-0.39, 0.29) is 17.4 Å². The summed E-state index contributed by atoms with van der Waals surface area (Å²) in [7, 11) is 0. The van der Waals surface area contributed by atoms with Crippen molar-refractivity contribution < 1.29 is 4.39 Å². The second-order valence-corrected chi connectivity index (χ2v) is 6.85. The van der Waals surface area contributed by atoms with E-state index in [0.29, 0.717) is 11.5 Å². The number of nitrogens with zero attached hydrogens (tertiary/aromatic N) is 4. The molecule has 0 aliphatic carbocycles. The summed E-state index contributed by atoms with van der Waals surface area (Å²) < 4.78 is 14.4. The maximum absolute atomic E-state index is 13.1. The molecule has 3 rings (SSSR count). The van der Waals surface area contributed by atoms with E-state index >= 15 is 0 Å². The molecule has 0 saturated heterocycles. The van der Waals surface area contributed by atoms with E-state index < -0.39 is 0 Å². The molecule has 0 aliphatic rings. The minimum absolute atomic E-state index is 0.0963. The second-order valence-electron chi connectivity index (χ2n) is 5.69. The van der Waals surface area contributed by atoms with Gasteiger partial charge in [0.05, 0.1) is 5.69 Å². The van der Waals surface area contributed by atoms with E-state index in [9.17, 15) is 9.18 Å². The first-order valence-electron chi connectivity index (χ1n) is 7.84. The quantitative estimate of drug-likeness (QED) is 0.712. The Kier molecular flexibility index (Phi) is 4.73. The van der Waals surface area contributed by atoms with Crippen LogP contribution in [0.2, 0.25) is 0 Å². The third kappa shape index (κ3) is 3.37. The number of hydrogen-bond acceptors (Lipinski definition) is 5. The van der Waals surface area contributed by atoms with E-state index in [4.69, 9.17) is 0 Å². The van der Waals surface area contributed by atoms with Gasteiger partial charge in [-0.2, -0.15) is 9.61 Å². The lowest BCUT2D eigenvalue weighted by molar-refractivity contribution is 0.210. The lowest BCUT2D eigenvalue weighted by Gasteiger charge is -2.27. The molecule has 0 saturated carbocycles. The number of benzene rings is 1. The Bertz CT molecular complexity index is 903. The molecule has 5 nitrogen and oxygen atoms in total. The lowest BCUT2D eigenvalue weighted by atomic mass is 10.1. The Morgan fingerprint density at radius 3 is 2.71 bits per heavy atom. The van der Waals surface area contributed by atoms with Crippen molar-refractivity contribution in [2.45, 2.75) is 33.4 Å². The second kappa shape index (κ2) is 6.78. The predicted octanol–water partition coefficient (Wildman–Crippen LogP) is 3.18. The summed E-state index contributed by atoms with van der Waals surface area (Å²) in [4.78, 5) is 19.5. The van der Waals surface area contributed by atoms with Crippen LogP contribution in [-0.2, 0) is 6.54 Å². The molecule has 1 atom stereocenters. The monoisotopic (exact) mass is 346 g/mol. The molecule has 0 amide bonds. The lowest BCUT2D eigenvalue weighted by Crippen LogP contribution is -2.28. The first kappa shape index (κ1) is 16.7. The summed E-state index contributed by atoms with van der Waals surface area (Å²) in [6, 6.07) is 8.15. The van der Waals surface area contributed by atoms with E-state index in [2.05, 4.69) is 28.8 Å². The Morgan fingerprint density at radius 1 is 1.33 bits per heavy atom. The van der Waals surface area contributed by atoms with Crippen LogP contribution in [0, 0.1) is 12.7 Å². The zero-order chi connectivity index (χ0) is 17.3. The summed E-state index contributed by atoms with van der Waals surface area (Å²) in [6.45, 7) is 7.33. The van der Waals surface area contributed by atoms with Crippen molar-refractivity contribution >= 4 is 16.3 Å². The van der Waals surface area contributed by atoms with Crippen molar-refractivity contribution in [3.63, 3.8) is 0 Å². The molecule has 0 N–H and O–H groups in total. The molecular formula is C17H19FN4OS. The summed E-state index contributed by atoms with van der Waals surface area (Å²) >= 11 is 1.40. The van der Waals surface area contributed by atoms with Crippen molar-refractivity contribution in [1.29, 1.82) is 0 Å². The highest BCUT2D eigenvalue weighted by Gasteiger charge is 2.16. The molecule has 0 radical (unpaired) electrons. The van der Waals surface area contributed by atoms with Crippen molar-refractivity contribution in [2.24, 2.45) is 0 Å². The maximum Gasteiger partial charge on any atom is 0.275 e.